The predicted molar refractivity (Wildman–Crippen MR) is 52.0 cm³/mol. The summed E-state index contributed by atoms with van der Waals surface area (Å²) in [6.07, 6.45) is 6.52. The second-order valence-electron chi connectivity index (χ2n) is 3.08. The monoisotopic (exact) mass is 200 g/mol. The van der Waals surface area contributed by atoms with Gasteiger partial charge in [-0.15, -0.1) is 0 Å². The number of rotatable bonds is 7. The second-order valence-corrected chi connectivity index (χ2v) is 3.08. The number of unbranched alkanes of at least 4 members (excludes halogenated alkanes) is 2. The van der Waals surface area contributed by atoms with Gasteiger partial charge in [-0.05, 0) is 12.8 Å². The van der Waals surface area contributed by atoms with Gasteiger partial charge in [-0.25, -0.2) is 0 Å². The van der Waals surface area contributed by atoms with Crippen LogP contribution in [0.1, 0.15) is 32.6 Å². The molecule has 0 saturated carbocycles. The fraction of sp³-hybridized carbons (Fsp3) is 0.600. The summed E-state index contributed by atoms with van der Waals surface area (Å²) in [5, 5.41) is 17.1. The Bertz CT molecular complexity index is 206. The van der Waals surface area contributed by atoms with Crippen LogP contribution in [-0.4, -0.2) is 22.2 Å². The average molecular weight is 200 g/mol. The molecule has 0 rings (SSSR count). The molecule has 0 aromatic carbocycles. The molecule has 80 valence electrons. The standard InChI is InChI=1S/C10H16O4/c1-2-3-4-5-6-7-8(9(11)12)10(13)14/h5-6,8H,2-4,7H2,1H3,(H,11,12)(H,13,14)/b6-5+. The summed E-state index contributed by atoms with van der Waals surface area (Å²) in [5.74, 6) is -3.87. The van der Waals surface area contributed by atoms with Crippen LogP contribution < -0.4 is 0 Å². The Morgan fingerprint density at radius 3 is 2.21 bits per heavy atom. The maximum absolute atomic E-state index is 10.4. The van der Waals surface area contributed by atoms with Crippen molar-refractivity contribution in [1.82, 2.24) is 0 Å². The topological polar surface area (TPSA) is 74.6 Å². The molecular weight excluding hydrogens is 184 g/mol. The fourth-order valence-corrected chi connectivity index (χ4v) is 0.979. The molecule has 0 heterocycles. The Balaban J connectivity index is 3.88. The van der Waals surface area contributed by atoms with Gasteiger partial charge in [0.1, 0.15) is 0 Å². The summed E-state index contributed by atoms with van der Waals surface area (Å²) >= 11 is 0. The molecular formula is C10H16O4. The lowest BCUT2D eigenvalue weighted by Crippen LogP contribution is -2.22. The molecule has 0 bridgehead atoms. The van der Waals surface area contributed by atoms with Crippen molar-refractivity contribution < 1.29 is 19.8 Å². The third kappa shape index (κ3) is 5.35. The molecule has 4 nitrogen and oxygen atoms in total. The molecule has 0 aromatic heterocycles. The van der Waals surface area contributed by atoms with E-state index in [4.69, 9.17) is 10.2 Å². The maximum Gasteiger partial charge on any atom is 0.318 e. The van der Waals surface area contributed by atoms with Crippen molar-refractivity contribution in [1.29, 1.82) is 0 Å². The highest BCUT2D eigenvalue weighted by Gasteiger charge is 2.23. The zero-order valence-corrected chi connectivity index (χ0v) is 8.27. The molecule has 0 aliphatic carbocycles. The van der Waals surface area contributed by atoms with Crippen molar-refractivity contribution in [3.63, 3.8) is 0 Å². The number of carboxylic acid groups (broad SMARTS) is 2. The smallest absolute Gasteiger partial charge is 0.318 e. The van der Waals surface area contributed by atoms with Crippen molar-refractivity contribution >= 4 is 11.9 Å². The molecule has 2 N–H and O–H groups in total. The van der Waals surface area contributed by atoms with Crippen molar-refractivity contribution in [2.24, 2.45) is 5.92 Å². The first-order valence-corrected chi connectivity index (χ1v) is 4.70. The minimum Gasteiger partial charge on any atom is -0.481 e. The van der Waals surface area contributed by atoms with Gasteiger partial charge >= 0.3 is 11.9 Å². The third-order valence-electron chi connectivity index (χ3n) is 1.86. The van der Waals surface area contributed by atoms with Gasteiger partial charge in [0, 0.05) is 0 Å². The van der Waals surface area contributed by atoms with Crippen LogP contribution in [0.5, 0.6) is 0 Å². The van der Waals surface area contributed by atoms with Gasteiger partial charge in [0.15, 0.2) is 5.92 Å². The van der Waals surface area contributed by atoms with E-state index < -0.39 is 17.9 Å². The van der Waals surface area contributed by atoms with Crippen LogP contribution in [-0.2, 0) is 9.59 Å². The molecule has 14 heavy (non-hydrogen) atoms. The molecule has 0 aliphatic heterocycles. The van der Waals surface area contributed by atoms with Gasteiger partial charge in [-0.2, -0.15) is 0 Å². The zero-order valence-electron chi connectivity index (χ0n) is 8.27. The highest BCUT2D eigenvalue weighted by atomic mass is 16.4. The fourth-order valence-electron chi connectivity index (χ4n) is 0.979. The quantitative estimate of drug-likeness (QED) is 0.374. The number of hydrogen-bond acceptors (Lipinski definition) is 2. The second kappa shape index (κ2) is 7.12. The molecule has 0 amide bonds. The van der Waals surface area contributed by atoms with Crippen LogP contribution in [0.3, 0.4) is 0 Å². The van der Waals surface area contributed by atoms with Gasteiger partial charge < -0.3 is 10.2 Å². The molecule has 0 spiro atoms. The average Bonchev–Trinajstić information content (AvgIpc) is 2.09. The van der Waals surface area contributed by atoms with Gasteiger partial charge in [-0.1, -0.05) is 31.9 Å². The van der Waals surface area contributed by atoms with Crippen LogP contribution in [0.25, 0.3) is 0 Å². The Kier molecular flexibility index (Phi) is 6.45. The molecule has 0 aromatic rings. The number of aliphatic carboxylic acids is 2. The summed E-state index contributed by atoms with van der Waals surface area (Å²) in [7, 11) is 0. The number of hydrogen-bond donors (Lipinski definition) is 2. The van der Waals surface area contributed by atoms with Crippen molar-refractivity contribution in [3.8, 4) is 0 Å². The number of carboxylic acids is 2. The van der Waals surface area contributed by atoms with Gasteiger partial charge in [0.05, 0.1) is 0 Å². The first-order valence-electron chi connectivity index (χ1n) is 4.70. The van der Waals surface area contributed by atoms with Gasteiger partial charge in [0.2, 0.25) is 0 Å². The highest BCUT2D eigenvalue weighted by Crippen LogP contribution is 2.06. The van der Waals surface area contributed by atoms with E-state index in [9.17, 15) is 9.59 Å². The van der Waals surface area contributed by atoms with E-state index in [1.54, 1.807) is 6.08 Å². The summed E-state index contributed by atoms with van der Waals surface area (Å²) in [6.45, 7) is 2.06. The zero-order chi connectivity index (χ0) is 11.0. The summed E-state index contributed by atoms with van der Waals surface area (Å²) < 4.78 is 0. The summed E-state index contributed by atoms with van der Waals surface area (Å²) in [4.78, 5) is 20.9. The van der Waals surface area contributed by atoms with Crippen LogP contribution in [0.4, 0.5) is 0 Å². The van der Waals surface area contributed by atoms with E-state index >= 15 is 0 Å². The summed E-state index contributed by atoms with van der Waals surface area (Å²) in [5.41, 5.74) is 0. The van der Waals surface area contributed by atoms with Crippen LogP contribution in [0.2, 0.25) is 0 Å². The van der Waals surface area contributed by atoms with Crippen molar-refractivity contribution in [3.05, 3.63) is 12.2 Å². The number of allylic oxidation sites excluding steroid dienone is 2. The van der Waals surface area contributed by atoms with E-state index in [1.165, 1.54) is 0 Å². The SMILES string of the molecule is CCCC/C=C/CC(C(=O)O)C(=O)O. The van der Waals surface area contributed by atoms with E-state index in [-0.39, 0.29) is 6.42 Å². The van der Waals surface area contributed by atoms with E-state index in [1.807, 2.05) is 6.08 Å². The Hall–Kier alpha value is -1.32. The van der Waals surface area contributed by atoms with Crippen LogP contribution >= 0.6 is 0 Å². The van der Waals surface area contributed by atoms with E-state index in [2.05, 4.69) is 6.92 Å². The largest absolute Gasteiger partial charge is 0.481 e. The minimum absolute atomic E-state index is 0.0639. The summed E-state index contributed by atoms with van der Waals surface area (Å²) in [6, 6.07) is 0. The lowest BCUT2D eigenvalue weighted by Gasteiger charge is -2.02. The predicted octanol–water partition coefficient (Wildman–Crippen LogP) is 1.91. The molecule has 4 heteroatoms. The lowest BCUT2D eigenvalue weighted by molar-refractivity contribution is -0.154. The molecule has 0 radical (unpaired) electrons. The Morgan fingerprint density at radius 2 is 1.79 bits per heavy atom. The lowest BCUT2D eigenvalue weighted by atomic mass is 10.1. The number of carbonyl (C=O) groups is 2. The van der Waals surface area contributed by atoms with Gasteiger partial charge in [0.25, 0.3) is 0 Å². The van der Waals surface area contributed by atoms with E-state index in [0.29, 0.717) is 0 Å². The highest BCUT2D eigenvalue weighted by molar-refractivity contribution is 5.92. The van der Waals surface area contributed by atoms with Crippen LogP contribution in [0, 0.1) is 5.92 Å². The minimum atomic E-state index is -1.31. The van der Waals surface area contributed by atoms with Gasteiger partial charge in [-0.3, -0.25) is 9.59 Å². The molecule has 0 fully saturated rings. The normalized spacial score (nSPS) is 11.0. The molecule has 0 atom stereocenters. The third-order valence-corrected chi connectivity index (χ3v) is 1.86. The van der Waals surface area contributed by atoms with Crippen molar-refractivity contribution in [2.75, 3.05) is 0 Å². The van der Waals surface area contributed by atoms with Crippen molar-refractivity contribution in [2.45, 2.75) is 32.6 Å². The first kappa shape index (κ1) is 12.7. The van der Waals surface area contributed by atoms with E-state index in [0.717, 1.165) is 19.3 Å². The first-order chi connectivity index (χ1) is 6.59. The Labute approximate surface area is 83.2 Å². The Morgan fingerprint density at radius 1 is 1.21 bits per heavy atom. The molecule has 0 saturated heterocycles. The van der Waals surface area contributed by atoms with Crippen LogP contribution in [0.15, 0.2) is 12.2 Å². The maximum atomic E-state index is 10.4. The molecule has 0 unspecified atom stereocenters. The molecule has 0 aliphatic rings.